The van der Waals surface area contributed by atoms with Crippen molar-refractivity contribution in [2.45, 2.75) is 26.7 Å². The topological polar surface area (TPSA) is 195 Å². The van der Waals surface area contributed by atoms with Gasteiger partial charge in [0.1, 0.15) is 11.5 Å². The predicted octanol–water partition coefficient (Wildman–Crippen LogP) is 3.58. The van der Waals surface area contributed by atoms with E-state index in [1.54, 1.807) is 61.5 Å². The molecule has 0 radical (unpaired) electrons. The second-order valence-corrected chi connectivity index (χ2v) is 10.3. The first kappa shape index (κ1) is 32.5. The Bertz CT molecular complexity index is 1500. The summed E-state index contributed by atoms with van der Waals surface area (Å²) in [6, 6.07) is 18.1. The van der Waals surface area contributed by atoms with Gasteiger partial charge in [-0.1, -0.05) is 29.8 Å². The summed E-state index contributed by atoms with van der Waals surface area (Å²) in [4.78, 5) is 36.9. The predicted molar refractivity (Wildman–Crippen MR) is 152 cm³/mol. The molecule has 41 heavy (non-hydrogen) atoms. The van der Waals surface area contributed by atoms with E-state index in [-0.39, 0.29) is 5.96 Å². The molecular formula is C28H31N3O9S. The first-order valence-electron chi connectivity index (χ1n) is 12.0. The molecule has 0 fully saturated rings. The number of anilines is 1. The number of nitrogens with one attached hydrogen (secondary N) is 2. The first-order valence-corrected chi connectivity index (χ1v) is 13.9. The number of esters is 3. The zero-order valence-corrected chi connectivity index (χ0v) is 23.7. The Balaban J connectivity index is 0.00000108. The Morgan fingerprint density at radius 2 is 1.56 bits per heavy atom. The van der Waals surface area contributed by atoms with Crippen LogP contribution in [0.4, 0.5) is 5.69 Å². The van der Waals surface area contributed by atoms with Gasteiger partial charge in [0.2, 0.25) is 0 Å². The van der Waals surface area contributed by atoms with Crippen molar-refractivity contribution < 1.29 is 41.6 Å². The van der Waals surface area contributed by atoms with Gasteiger partial charge in [-0.3, -0.25) is 14.8 Å². The first-order chi connectivity index (χ1) is 19.1. The Labute approximate surface area is 237 Å². The molecule has 218 valence electrons. The molecule has 0 aliphatic rings. The van der Waals surface area contributed by atoms with E-state index in [4.69, 9.17) is 29.9 Å². The lowest BCUT2D eigenvalue weighted by Gasteiger charge is -2.13. The number of ether oxygens (including phenoxy) is 3. The average molecular weight is 586 g/mol. The third kappa shape index (κ3) is 11.9. The summed E-state index contributed by atoms with van der Waals surface area (Å²) in [6.45, 7) is 4.91. The fourth-order valence-corrected chi connectivity index (χ4v) is 3.29. The van der Waals surface area contributed by atoms with Crippen molar-refractivity contribution in [3.63, 3.8) is 0 Å². The summed E-state index contributed by atoms with van der Waals surface area (Å²) in [5, 5.41) is 9.84. The van der Waals surface area contributed by atoms with Gasteiger partial charge in [-0.15, -0.1) is 0 Å². The zero-order chi connectivity index (χ0) is 30.7. The highest BCUT2D eigenvalue weighted by molar-refractivity contribution is 7.85. The molecule has 1 atom stereocenters. The molecule has 0 aliphatic heterocycles. The lowest BCUT2D eigenvalue weighted by molar-refractivity contribution is -0.154. The third-order valence-corrected chi connectivity index (χ3v) is 5.23. The fraction of sp³-hybridized carbons (Fsp3) is 0.214. The van der Waals surface area contributed by atoms with Crippen molar-refractivity contribution in [2.75, 3.05) is 18.2 Å². The monoisotopic (exact) mass is 585 g/mol. The molecule has 0 saturated carbocycles. The van der Waals surface area contributed by atoms with Crippen molar-refractivity contribution in [1.29, 1.82) is 5.41 Å². The van der Waals surface area contributed by atoms with Crippen LogP contribution in [0.25, 0.3) is 0 Å². The van der Waals surface area contributed by atoms with Gasteiger partial charge < -0.3 is 25.3 Å². The molecule has 0 amide bonds. The molecule has 3 rings (SSSR count). The van der Waals surface area contributed by atoms with Gasteiger partial charge in [0.15, 0.2) is 12.6 Å². The van der Waals surface area contributed by atoms with Crippen molar-refractivity contribution in [3.05, 3.63) is 89.0 Å². The number of benzene rings is 3. The van der Waals surface area contributed by atoms with Crippen LogP contribution >= 0.6 is 0 Å². The second-order valence-electron chi connectivity index (χ2n) is 8.88. The van der Waals surface area contributed by atoms with E-state index < -0.39 is 40.6 Å². The molecule has 3 aromatic carbocycles. The molecule has 0 aromatic heterocycles. The van der Waals surface area contributed by atoms with Crippen LogP contribution in [0.5, 0.6) is 11.5 Å². The number of hydrogen-bond acceptors (Lipinski definition) is 9. The molecule has 0 aliphatic carbocycles. The number of aryl methyl sites for hydroxylation is 2. The minimum Gasteiger partial charge on any atom is -0.453 e. The van der Waals surface area contributed by atoms with Crippen molar-refractivity contribution >= 4 is 39.7 Å². The van der Waals surface area contributed by atoms with Gasteiger partial charge >= 0.3 is 17.9 Å². The van der Waals surface area contributed by atoms with Crippen LogP contribution in [0.15, 0.2) is 66.7 Å². The minimum absolute atomic E-state index is 0.208. The van der Waals surface area contributed by atoms with E-state index in [0.29, 0.717) is 34.6 Å². The maximum Gasteiger partial charge on any atom is 0.349 e. The molecule has 0 bridgehead atoms. The highest BCUT2D eigenvalue weighted by Crippen LogP contribution is 2.22. The van der Waals surface area contributed by atoms with E-state index in [2.05, 4.69) is 5.32 Å². The largest absolute Gasteiger partial charge is 0.453 e. The van der Waals surface area contributed by atoms with Gasteiger partial charge in [0.25, 0.3) is 10.1 Å². The van der Waals surface area contributed by atoms with Gasteiger partial charge in [-0.25, -0.2) is 9.59 Å². The Morgan fingerprint density at radius 3 is 2.10 bits per heavy atom. The van der Waals surface area contributed by atoms with E-state index in [9.17, 15) is 22.8 Å². The molecule has 0 saturated heterocycles. The van der Waals surface area contributed by atoms with Gasteiger partial charge in [-0.05, 0) is 74.4 Å². The molecule has 0 spiro atoms. The zero-order valence-electron chi connectivity index (χ0n) is 22.8. The summed E-state index contributed by atoms with van der Waals surface area (Å²) in [6.07, 6.45) is 0.715. The average Bonchev–Trinajstić information content (AvgIpc) is 2.88. The number of guanidine groups is 1. The molecular weight excluding hydrogens is 554 g/mol. The Hall–Kier alpha value is -4.75. The van der Waals surface area contributed by atoms with Crippen LogP contribution in [0.2, 0.25) is 0 Å². The number of carbonyl (C=O) groups is 3. The lowest BCUT2D eigenvalue weighted by atomic mass is 10.0. The van der Waals surface area contributed by atoms with Crippen LogP contribution < -0.4 is 20.5 Å². The third-order valence-electron chi connectivity index (χ3n) is 5.23. The highest BCUT2D eigenvalue weighted by atomic mass is 32.2. The van der Waals surface area contributed by atoms with Gasteiger partial charge in [0, 0.05) is 5.69 Å². The number of carbonyl (C=O) groups excluding carboxylic acids is 3. The molecule has 12 nitrogen and oxygen atoms in total. The Morgan fingerprint density at radius 1 is 0.976 bits per heavy atom. The number of hydrogen-bond donors (Lipinski definition) is 4. The number of nitrogens with two attached hydrogens (primary N) is 1. The van der Waals surface area contributed by atoms with Crippen molar-refractivity contribution in [2.24, 2.45) is 5.73 Å². The highest BCUT2D eigenvalue weighted by Gasteiger charge is 2.19. The summed E-state index contributed by atoms with van der Waals surface area (Å²) in [5.41, 5.74) is 8.65. The van der Waals surface area contributed by atoms with Crippen LogP contribution in [-0.2, 0) is 24.4 Å². The van der Waals surface area contributed by atoms with E-state index in [0.717, 1.165) is 11.1 Å². The summed E-state index contributed by atoms with van der Waals surface area (Å²) < 4.78 is 41.6. The normalized spacial score (nSPS) is 11.2. The summed E-state index contributed by atoms with van der Waals surface area (Å²) >= 11 is 0. The fourth-order valence-electron chi connectivity index (χ4n) is 3.29. The van der Waals surface area contributed by atoms with Crippen LogP contribution in [0, 0.1) is 19.3 Å². The molecule has 0 unspecified atom stereocenters. The smallest absolute Gasteiger partial charge is 0.349 e. The van der Waals surface area contributed by atoms with Gasteiger partial charge in [0.05, 0.1) is 17.7 Å². The molecule has 13 heteroatoms. The van der Waals surface area contributed by atoms with Crippen molar-refractivity contribution in [3.8, 4) is 11.5 Å². The van der Waals surface area contributed by atoms with E-state index in [1.165, 1.54) is 0 Å². The molecule has 3 aromatic rings. The summed E-state index contributed by atoms with van der Waals surface area (Å²) in [5.74, 6) is -1.96. The van der Waals surface area contributed by atoms with Gasteiger partial charge in [-0.2, -0.15) is 8.42 Å². The summed E-state index contributed by atoms with van der Waals surface area (Å²) in [7, 11) is -3.67. The second kappa shape index (κ2) is 14.6. The molecule has 5 N–H and O–H groups in total. The quantitative estimate of drug-likeness (QED) is 0.0991. The minimum atomic E-state index is -3.67. The Kier molecular flexibility index (Phi) is 11.5. The van der Waals surface area contributed by atoms with Crippen LogP contribution in [-0.4, -0.2) is 49.7 Å². The maximum atomic E-state index is 12.4. The molecule has 0 heterocycles. The van der Waals surface area contributed by atoms with E-state index >= 15 is 0 Å². The standard InChI is InChI=1S/C27H27N3O6.CH4O3S/c1-16-4-13-23(17(2)14-16)36-24(31)15-34-25(32)18(3)19-7-11-22(12-8-19)35-26(33)20-5-9-21(10-6-20)30-27(28)29;1-5(2,3)4/h4-14,18H,15H2,1-3H3,(H4,28,29,30);1H3,(H,2,3,4)/t18-;/m0./s1. The SMILES string of the molecule is CS(=O)(=O)O.Cc1ccc(OC(=O)COC(=O)[C@@H](C)c2ccc(OC(=O)c3ccc(NC(=N)N)cc3)cc2)c(C)c1. The van der Waals surface area contributed by atoms with Crippen LogP contribution in [0.1, 0.15) is 39.9 Å². The van der Waals surface area contributed by atoms with Crippen LogP contribution in [0.3, 0.4) is 0 Å². The lowest BCUT2D eigenvalue weighted by Crippen LogP contribution is -2.22. The van der Waals surface area contributed by atoms with E-state index in [1.807, 2.05) is 26.0 Å². The number of rotatable bonds is 8. The maximum absolute atomic E-state index is 12.4. The van der Waals surface area contributed by atoms with Crippen molar-refractivity contribution in [1.82, 2.24) is 0 Å².